The number of ether oxygens (including phenoxy) is 3. The van der Waals surface area contributed by atoms with Gasteiger partial charge >= 0.3 is 5.97 Å². The second-order valence-electron chi connectivity index (χ2n) is 5.68. The van der Waals surface area contributed by atoms with Gasteiger partial charge in [-0.1, -0.05) is 61.5 Å². The van der Waals surface area contributed by atoms with Gasteiger partial charge in [0.1, 0.15) is 17.2 Å². The summed E-state index contributed by atoms with van der Waals surface area (Å²) in [5.74, 6) is 0.854. The van der Waals surface area contributed by atoms with Crippen molar-refractivity contribution < 1.29 is 14.2 Å². The van der Waals surface area contributed by atoms with Crippen LogP contribution in [0.1, 0.15) is 19.8 Å². The highest BCUT2D eigenvalue weighted by Crippen LogP contribution is 2.29. The maximum atomic E-state index is 6.21. The van der Waals surface area contributed by atoms with Crippen LogP contribution in [0.4, 0.5) is 0 Å². The van der Waals surface area contributed by atoms with E-state index in [0.717, 1.165) is 6.42 Å². The van der Waals surface area contributed by atoms with E-state index in [9.17, 15) is 0 Å². The Bertz CT molecular complexity index is 641. The smallest absolute Gasteiger partial charge is 0.417 e. The van der Waals surface area contributed by atoms with Crippen LogP contribution in [-0.2, 0) is 0 Å². The first-order chi connectivity index (χ1) is 12.3. The third-order valence-corrected chi connectivity index (χ3v) is 3.61. The lowest BCUT2D eigenvalue weighted by atomic mass is 10.2. The Morgan fingerprint density at radius 1 is 0.560 bits per heavy atom. The summed E-state index contributed by atoms with van der Waals surface area (Å²) < 4.78 is 18.6. The van der Waals surface area contributed by atoms with Crippen LogP contribution in [0, 0.1) is 0 Å². The van der Waals surface area contributed by atoms with Crippen molar-refractivity contribution in [3.05, 3.63) is 91.0 Å². The first-order valence-electron chi connectivity index (χ1n) is 8.52. The molecule has 0 spiro atoms. The predicted octanol–water partition coefficient (Wildman–Crippen LogP) is 5.68. The molecule has 0 radical (unpaired) electrons. The van der Waals surface area contributed by atoms with Crippen LogP contribution in [0.15, 0.2) is 91.0 Å². The fourth-order valence-corrected chi connectivity index (χ4v) is 2.53. The van der Waals surface area contributed by atoms with Crippen molar-refractivity contribution in [3.63, 3.8) is 0 Å². The topological polar surface area (TPSA) is 27.7 Å². The highest BCUT2D eigenvalue weighted by atomic mass is 16.9. The number of para-hydroxylation sites is 3. The third-order valence-electron chi connectivity index (χ3n) is 3.61. The van der Waals surface area contributed by atoms with Crippen LogP contribution in [0.25, 0.3) is 0 Å². The van der Waals surface area contributed by atoms with E-state index in [2.05, 4.69) is 6.92 Å². The summed E-state index contributed by atoms with van der Waals surface area (Å²) in [5, 5.41) is 0. The minimum atomic E-state index is -1.24. The zero-order chi connectivity index (χ0) is 17.4. The van der Waals surface area contributed by atoms with Crippen LogP contribution in [-0.4, -0.2) is 5.97 Å². The van der Waals surface area contributed by atoms with Crippen molar-refractivity contribution in [2.75, 3.05) is 0 Å². The van der Waals surface area contributed by atoms with Crippen LogP contribution in [0.5, 0.6) is 17.2 Å². The van der Waals surface area contributed by atoms with Crippen molar-refractivity contribution in [3.8, 4) is 17.2 Å². The minimum Gasteiger partial charge on any atom is -0.421 e. The first-order valence-corrected chi connectivity index (χ1v) is 8.52. The summed E-state index contributed by atoms with van der Waals surface area (Å²) in [5.41, 5.74) is 0. The van der Waals surface area contributed by atoms with E-state index in [1.54, 1.807) is 0 Å². The Hall–Kier alpha value is -2.94. The molecule has 25 heavy (non-hydrogen) atoms. The molecule has 0 amide bonds. The highest BCUT2D eigenvalue weighted by Gasteiger charge is 2.37. The monoisotopic (exact) mass is 334 g/mol. The van der Waals surface area contributed by atoms with Gasteiger partial charge in [-0.25, -0.2) is 0 Å². The number of hydrogen-bond acceptors (Lipinski definition) is 3. The Morgan fingerprint density at radius 2 is 0.880 bits per heavy atom. The van der Waals surface area contributed by atoms with E-state index in [0.29, 0.717) is 23.7 Å². The van der Waals surface area contributed by atoms with Gasteiger partial charge in [0.15, 0.2) is 0 Å². The Labute approximate surface area is 148 Å². The molecule has 0 aliphatic rings. The van der Waals surface area contributed by atoms with E-state index in [1.807, 2.05) is 91.0 Å². The molecule has 3 aromatic carbocycles. The molecule has 3 rings (SSSR count). The van der Waals surface area contributed by atoms with Crippen molar-refractivity contribution >= 4 is 0 Å². The molecule has 0 unspecified atom stereocenters. The summed E-state index contributed by atoms with van der Waals surface area (Å²) in [6, 6.07) is 28.8. The maximum absolute atomic E-state index is 6.21. The average molecular weight is 334 g/mol. The molecule has 3 nitrogen and oxygen atoms in total. The lowest BCUT2D eigenvalue weighted by molar-refractivity contribution is -0.256. The molecule has 0 heterocycles. The molecule has 3 heteroatoms. The number of rotatable bonds is 8. The minimum absolute atomic E-state index is 0.575. The molecule has 0 aliphatic carbocycles. The van der Waals surface area contributed by atoms with Gasteiger partial charge in [-0.3, -0.25) is 0 Å². The zero-order valence-electron chi connectivity index (χ0n) is 14.3. The molecule has 0 bridgehead atoms. The zero-order valence-corrected chi connectivity index (χ0v) is 14.3. The van der Waals surface area contributed by atoms with Crippen molar-refractivity contribution in [2.24, 2.45) is 0 Å². The molecule has 0 fully saturated rings. The fourth-order valence-electron chi connectivity index (χ4n) is 2.53. The molecule has 0 saturated heterocycles. The Morgan fingerprint density at radius 3 is 1.16 bits per heavy atom. The van der Waals surface area contributed by atoms with E-state index in [1.165, 1.54) is 0 Å². The second kappa shape index (κ2) is 8.25. The van der Waals surface area contributed by atoms with Crippen molar-refractivity contribution in [2.45, 2.75) is 25.7 Å². The molecular weight excluding hydrogens is 312 g/mol. The summed E-state index contributed by atoms with van der Waals surface area (Å²) >= 11 is 0. The normalized spacial score (nSPS) is 10.9. The summed E-state index contributed by atoms with van der Waals surface area (Å²) in [6.45, 7) is 2.08. The first kappa shape index (κ1) is 16.9. The number of hydrogen-bond donors (Lipinski definition) is 0. The van der Waals surface area contributed by atoms with E-state index in [4.69, 9.17) is 14.2 Å². The molecule has 3 aromatic rings. The highest BCUT2D eigenvalue weighted by molar-refractivity contribution is 5.26. The SMILES string of the molecule is CCCC(Oc1ccccc1)(Oc1ccccc1)Oc1ccccc1. The van der Waals surface area contributed by atoms with Gasteiger partial charge < -0.3 is 14.2 Å². The Kier molecular flexibility index (Phi) is 5.57. The van der Waals surface area contributed by atoms with Gasteiger partial charge in [0.25, 0.3) is 0 Å². The molecule has 0 aromatic heterocycles. The largest absolute Gasteiger partial charge is 0.421 e. The fraction of sp³-hybridized carbons (Fsp3) is 0.182. The molecule has 0 atom stereocenters. The predicted molar refractivity (Wildman–Crippen MR) is 98.8 cm³/mol. The second-order valence-corrected chi connectivity index (χ2v) is 5.68. The van der Waals surface area contributed by atoms with Crippen LogP contribution >= 0.6 is 0 Å². The quantitative estimate of drug-likeness (QED) is 0.496. The maximum Gasteiger partial charge on any atom is 0.417 e. The van der Waals surface area contributed by atoms with Gasteiger partial charge in [0.2, 0.25) is 0 Å². The molecule has 0 saturated carbocycles. The lowest BCUT2D eigenvalue weighted by Gasteiger charge is -2.34. The lowest BCUT2D eigenvalue weighted by Crippen LogP contribution is -2.48. The van der Waals surface area contributed by atoms with Gasteiger partial charge in [-0.05, 0) is 42.8 Å². The number of benzene rings is 3. The van der Waals surface area contributed by atoms with Crippen LogP contribution in [0.3, 0.4) is 0 Å². The van der Waals surface area contributed by atoms with Gasteiger partial charge in [0.05, 0.1) is 6.42 Å². The standard InChI is InChI=1S/C22H22O3/c1-2-18-22(23-19-12-6-3-7-13-19,24-20-14-8-4-9-15-20)25-21-16-10-5-11-17-21/h3-17H,2,18H2,1H3. The molecule has 128 valence electrons. The Balaban J connectivity index is 1.94. The van der Waals surface area contributed by atoms with E-state index >= 15 is 0 Å². The van der Waals surface area contributed by atoms with Crippen molar-refractivity contribution in [1.82, 2.24) is 0 Å². The van der Waals surface area contributed by atoms with Crippen molar-refractivity contribution in [1.29, 1.82) is 0 Å². The van der Waals surface area contributed by atoms with Gasteiger partial charge in [-0.2, -0.15) is 0 Å². The molecular formula is C22H22O3. The van der Waals surface area contributed by atoms with Gasteiger partial charge in [0, 0.05) is 0 Å². The summed E-state index contributed by atoms with van der Waals surface area (Å²) in [4.78, 5) is 0. The summed E-state index contributed by atoms with van der Waals surface area (Å²) in [6.07, 6.45) is 1.41. The third kappa shape index (κ3) is 4.77. The van der Waals surface area contributed by atoms with Crippen LogP contribution < -0.4 is 14.2 Å². The average Bonchev–Trinajstić information content (AvgIpc) is 2.64. The van der Waals surface area contributed by atoms with Crippen LogP contribution in [0.2, 0.25) is 0 Å². The van der Waals surface area contributed by atoms with E-state index in [-0.39, 0.29) is 0 Å². The van der Waals surface area contributed by atoms with E-state index < -0.39 is 5.97 Å². The van der Waals surface area contributed by atoms with Gasteiger partial charge in [-0.15, -0.1) is 0 Å². The molecule has 0 aliphatic heterocycles. The summed E-state index contributed by atoms with van der Waals surface area (Å²) in [7, 11) is 0. The molecule has 0 N–H and O–H groups in total.